The molecule has 3 aromatic rings. The van der Waals surface area contributed by atoms with E-state index >= 15 is 0 Å². The van der Waals surface area contributed by atoms with Gasteiger partial charge in [0, 0.05) is 29.7 Å². The second-order valence-corrected chi connectivity index (χ2v) is 5.55. The number of furan rings is 1. The summed E-state index contributed by atoms with van der Waals surface area (Å²) < 4.78 is 7.19. The fourth-order valence-electron chi connectivity index (χ4n) is 2.71. The van der Waals surface area contributed by atoms with Gasteiger partial charge in [-0.15, -0.1) is 0 Å². The minimum Gasteiger partial charge on any atom is -0.475 e. The summed E-state index contributed by atoms with van der Waals surface area (Å²) in [5.41, 5.74) is 1.59. The molecule has 0 unspecified atom stereocenters. The number of carbonyl (C=O) groups is 2. The minimum absolute atomic E-state index is 0.00145. The lowest BCUT2D eigenvalue weighted by Crippen LogP contribution is -2.19. The molecule has 0 aliphatic heterocycles. The molecule has 2 aromatic heterocycles. The lowest BCUT2D eigenvalue weighted by Gasteiger charge is -2.02. The van der Waals surface area contributed by atoms with Crippen LogP contribution in [0.15, 0.2) is 52.6 Å². The highest BCUT2D eigenvalue weighted by molar-refractivity contribution is 6.03. The Morgan fingerprint density at radius 3 is 2.73 bits per heavy atom. The molecular weight excluding hydrogens is 334 g/mol. The fourth-order valence-corrected chi connectivity index (χ4v) is 2.71. The summed E-state index contributed by atoms with van der Waals surface area (Å²) in [6.45, 7) is 0.323. The molecule has 2 heterocycles. The largest absolute Gasteiger partial charge is 0.475 e. The molecule has 1 amide bonds. The molecule has 130 valence electrons. The minimum atomic E-state index is -1.12. The number of hydrogen-bond acceptors (Lipinski definition) is 4. The van der Waals surface area contributed by atoms with Crippen LogP contribution in [0.4, 0.5) is 0 Å². The van der Waals surface area contributed by atoms with Crippen LogP contribution in [-0.4, -0.2) is 28.6 Å². The van der Waals surface area contributed by atoms with Crippen LogP contribution < -0.4 is 5.32 Å². The highest BCUT2D eigenvalue weighted by Crippen LogP contribution is 2.25. The molecule has 0 aliphatic carbocycles. The summed E-state index contributed by atoms with van der Waals surface area (Å²) in [5, 5.41) is 21.5. The fraction of sp³-hybridized carbons (Fsp3) is 0.105. The van der Waals surface area contributed by atoms with Gasteiger partial charge < -0.3 is 19.4 Å². The summed E-state index contributed by atoms with van der Waals surface area (Å²) in [6, 6.07) is 12.4. The average Bonchev–Trinajstić information content (AvgIpc) is 3.25. The van der Waals surface area contributed by atoms with Gasteiger partial charge in [-0.3, -0.25) is 4.79 Å². The molecule has 0 bridgehead atoms. The first-order valence-electron chi connectivity index (χ1n) is 7.77. The summed E-state index contributed by atoms with van der Waals surface area (Å²) in [5.74, 6) is -1.21. The smallest absolute Gasteiger partial charge is 0.371 e. The number of amides is 1. The first-order chi connectivity index (χ1) is 12.5. The summed E-state index contributed by atoms with van der Waals surface area (Å²) >= 11 is 0. The van der Waals surface area contributed by atoms with Crippen molar-refractivity contribution in [2.24, 2.45) is 0 Å². The van der Waals surface area contributed by atoms with Gasteiger partial charge in [0.1, 0.15) is 17.4 Å². The van der Waals surface area contributed by atoms with E-state index in [1.165, 1.54) is 19.2 Å². The molecular formula is C19H15N3O4. The highest BCUT2D eigenvalue weighted by Gasteiger charge is 2.13. The van der Waals surface area contributed by atoms with Gasteiger partial charge in [0.15, 0.2) is 0 Å². The number of likely N-dealkylation sites (N-methyl/N-ethyl adjacent to an activating group) is 1. The SMILES string of the molecule is CNC(=O)/C(C#N)=C\c1cn(Cc2ccc(C(=O)O)o2)c2ccccc12. The first kappa shape index (κ1) is 17.0. The maximum Gasteiger partial charge on any atom is 0.371 e. The van der Waals surface area contributed by atoms with Crippen molar-refractivity contribution in [3.05, 3.63) is 65.3 Å². The third-order valence-electron chi connectivity index (χ3n) is 3.91. The van der Waals surface area contributed by atoms with E-state index in [1.807, 2.05) is 34.9 Å². The van der Waals surface area contributed by atoms with Gasteiger partial charge in [0.2, 0.25) is 5.76 Å². The molecule has 1 aromatic carbocycles. The van der Waals surface area contributed by atoms with E-state index in [4.69, 9.17) is 9.52 Å². The zero-order chi connectivity index (χ0) is 18.7. The van der Waals surface area contributed by atoms with Crippen LogP contribution in [0.3, 0.4) is 0 Å². The highest BCUT2D eigenvalue weighted by atomic mass is 16.4. The average molecular weight is 349 g/mol. The van der Waals surface area contributed by atoms with E-state index in [-0.39, 0.29) is 11.3 Å². The molecule has 0 spiro atoms. The third-order valence-corrected chi connectivity index (χ3v) is 3.91. The topological polar surface area (TPSA) is 108 Å². The molecule has 0 fully saturated rings. The number of hydrogen-bond donors (Lipinski definition) is 2. The Kier molecular flexibility index (Phi) is 4.58. The number of rotatable bonds is 5. The van der Waals surface area contributed by atoms with E-state index in [0.717, 1.165) is 10.9 Å². The summed E-state index contributed by atoms with van der Waals surface area (Å²) in [6.07, 6.45) is 3.33. The van der Waals surface area contributed by atoms with Crippen LogP contribution in [0.25, 0.3) is 17.0 Å². The van der Waals surface area contributed by atoms with Crippen molar-refractivity contribution >= 4 is 28.9 Å². The van der Waals surface area contributed by atoms with Crippen molar-refractivity contribution in [1.82, 2.24) is 9.88 Å². The number of nitrogens with zero attached hydrogens (tertiary/aromatic N) is 2. The van der Waals surface area contributed by atoms with Crippen molar-refractivity contribution in [1.29, 1.82) is 5.26 Å². The molecule has 0 saturated carbocycles. The number of carboxylic acids is 1. The Bertz CT molecular complexity index is 1070. The van der Waals surface area contributed by atoms with Gasteiger partial charge in [-0.25, -0.2) is 4.79 Å². The zero-order valence-electron chi connectivity index (χ0n) is 13.9. The van der Waals surface area contributed by atoms with E-state index in [2.05, 4.69) is 5.32 Å². The van der Waals surface area contributed by atoms with E-state index in [1.54, 1.807) is 12.3 Å². The number of aromatic carboxylic acids is 1. The monoisotopic (exact) mass is 349 g/mol. The third kappa shape index (κ3) is 3.21. The quantitative estimate of drug-likeness (QED) is 0.544. The molecule has 0 radical (unpaired) electrons. The van der Waals surface area contributed by atoms with Crippen LogP contribution in [0.5, 0.6) is 0 Å². The number of carbonyl (C=O) groups excluding carboxylic acids is 1. The number of para-hydroxylation sites is 1. The standard InChI is InChI=1S/C19H15N3O4/c1-21-18(23)12(9-20)8-13-10-22(16-5-3-2-4-15(13)16)11-14-6-7-17(26-14)19(24)25/h2-8,10H,11H2,1H3,(H,21,23)(H,24,25)/b12-8-. The van der Waals surface area contributed by atoms with Crippen molar-refractivity contribution in [3.63, 3.8) is 0 Å². The van der Waals surface area contributed by atoms with Crippen molar-refractivity contribution in [2.45, 2.75) is 6.54 Å². The van der Waals surface area contributed by atoms with Crippen LogP contribution in [0.1, 0.15) is 21.9 Å². The van der Waals surface area contributed by atoms with Gasteiger partial charge in [0.25, 0.3) is 5.91 Å². The van der Waals surface area contributed by atoms with Gasteiger partial charge >= 0.3 is 5.97 Å². The Hall–Kier alpha value is -3.79. The predicted octanol–water partition coefficient (Wildman–Crippen LogP) is 2.63. The van der Waals surface area contributed by atoms with Crippen molar-refractivity contribution in [2.75, 3.05) is 7.05 Å². The molecule has 3 rings (SSSR count). The molecule has 7 nitrogen and oxygen atoms in total. The Labute approximate surface area is 148 Å². The number of aromatic nitrogens is 1. The van der Waals surface area contributed by atoms with Gasteiger partial charge in [-0.2, -0.15) is 5.26 Å². The zero-order valence-corrected chi connectivity index (χ0v) is 13.9. The number of carboxylic acid groups (broad SMARTS) is 1. The summed E-state index contributed by atoms with van der Waals surface area (Å²) in [7, 11) is 1.47. The Morgan fingerprint density at radius 1 is 1.31 bits per heavy atom. The lowest BCUT2D eigenvalue weighted by molar-refractivity contribution is -0.116. The molecule has 0 atom stereocenters. The van der Waals surface area contributed by atoms with E-state index < -0.39 is 11.9 Å². The van der Waals surface area contributed by atoms with Crippen LogP contribution >= 0.6 is 0 Å². The maximum absolute atomic E-state index is 11.8. The van der Waals surface area contributed by atoms with Gasteiger partial charge in [-0.1, -0.05) is 18.2 Å². The van der Waals surface area contributed by atoms with Gasteiger partial charge in [-0.05, 0) is 24.3 Å². The Balaban J connectivity index is 2.04. The summed E-state index contributed by atoms with van der Waals surface area (Å²) in [4.78, 5) is 22.7. The second-order valence-electron chi connectivity index (χ2n) is 5.55. The molecule has 7 heteroatoms. The van der Waals surface area contributed by atoms with Crippen molar-refractivity contribution in [3.8, 4) is 6.07 Å². The lowest BCUT2D eigenvalue weighted by atomic mass is 10.1. The number of nitriles is 1. The number of benzene rings is 1. The number of nitrogens with one attached hydrogen (secondary N) is 1. The second kappa shape index (κ2) is 6.99. The normalized spacial score (nSPS) is 11.3. The molecule has 26 heavy (non-hydrogen) atoms. The van der Waals surface area contributed by atoms with Crippen molar-refractivity contribution < 1.29 is 19.1 Å². The van der Waals surface area contributed by atoms with Gasteiger partial charge in [0.05, 0.1) is 6.54 Å². The van der Waals surface area contributed by atoms with E-state index in [9.17, 15) is 14.9 Å². The maximum atomic E-state index is 11.8. The van der Waals surface area contributed by atoms with E-state index in [0.29, 0.717) is 17.9 Å². The first-order valence-corrected chi connectivity index (χ1v) is 7.77. The predicted molar refractivity (Wildman–Crippen MR) is 94.4 cm³/mol. The number of fused-ring (bicyclic) bond motifs is 1. The molecule has 0 aliphatic rings. The van der Waals surface area contributed by atoms with Crippen LogP contribution in [0.2, 0.25) is 0 Å². The molecule has 0 saturated heterocycles. The Morgan fingerprint density at radius 2 is 2.08 bits per heavy atom. The van der Waals surface area contributed by atoms with Crippen LogP contribution in [0, 0.1) is 11.3 Å². The molecule has 2 N–H and O–H groups in total. The van der Waals surface area contributed by atoms with Crippen LogP contribution in [-0.2, 0) is 11.3 Å².